The molecule has 28 heavy (non-hydrogen) atoms. The van der Waals surface area contributed by atoms with Crippen LogP contribution in [-0.4, -0.2) is 23.0 Å². The first kappa shape index (κ1) is 19.6. The quantitative estimate of drug-likeness (QED) is 0.635. The number of aromatic nitrogens is 2. The van der Waals surface area contributed by atoms with Crippen LogP contribution in [0.1, 0.15) is 27.0 Å². The van der Waals surface area contributed by atoms with Crippen molar-refractivity contribution in [3.63, 3.8) is 0 Å². The molecule has 1 aromatic heterocycles. The number of hydrogen-bond acceptors (Lipinski definition) is 5. The number of benzene rings is 2. The molecule has 0 radical (unpaired) electrons. The van der Waals surface area contributed by atoms with Crippen LogP contribution >= 0.6 is 11.6 Å². The molecule has 2 N–H and O–H groups in total. The average molecular weight is 397 g/mol. The number of hydrogen-bond donors (Lipinski definition) is 2. The van der Waals surface area contributed by atoms with Crippen molar-refractivity contribution in [3.05, 3.63) is 76.1 Å². The maximum Gasteiger partial charge on any atom is 0.258 e. The molecule has 0 spiro atoms. The van der Waals surface area contributed by atoms with Crippen LogP contribution in [0.15, 0.2) is 48.8 Å². The molecule has 6 nitrogen and oxygen atoms in total. The highest BCUT2D eigenvalue weighted by molar-refractivity contribution is 6.34. The van der Waals surface area contributed by atoms with E-state index in [9.17, 15) is 4.79 Å². The number of halogens is 1. The van der Waals surface area contributed by atoms with Gasteiger partial charge in [-0.15, -0.1) is 0 Å². The van der Waals surface area contributed by atoms with Gasteiger partial charge in [0.15, 0.2) is 0 Å². The number of nitrogens with zero attached hydrogens (tertiary/aromatic N) is 2. The molecule has 0 aliphatic carbocycles. The molecule has 2 aromatic carbocycles. The Balaban J connectivity index is 1.62. The Morgan fingerprint density at radius 2 is 1.79 bits per heavy atom. The molecule has 1 heterocycles. The second-order valence-electron chi connectivity index (χ2n) is 6.39. The molecular formula is C21H21ClN4O2. The van der Waals surface area contributed by atoms with E-state index in [1.807, 2.05) is 50.2 Å². The van der Waals surface area contributed by atoms with Gasteiger partial charge < -0.3 is 15.4 Å². The van der Waals surface area contributed by atoms with Crippen molar-refractivity contribution in [2.45, 2.75) is 20.4 Å². The van der Waals surface area contributed by atoms with Gasteiger partial charge in [0.2, 0.25) is 5.95 Å². The lowest BCUT2D eigenvalue weighted by Crippen LogP contribution is -2.14. The number of nitrogens with one attached hydrogen (secondary N) is 2. The third-order valence-corrected chi connectivity index (χ3v) is 4.49. The van der Waals surface area contributed by atoms with E-state index in [0.29, 0.717) is 28.8 Å². The molecule has 144 valence electrons. The fourth-order valence-corrected chi connectivity index (χ4v) is 3.09. The lowest BCUT2D eigenvalue weighted by atomic mass is 10.1. The van der Waals surface area contributed by atoms with Crippen LogP contribution in [0, 0.1) is 13.8 Å². The number of rotatable bonds is 6. The Morgan fingerprint density at radius 1 is 1.11 bits per heavy atom. The number of aryl methyl sites for hydroxylation is 2. The summed E-state index contributed by atoms with van der Waals surface area (Å²) in [4.78, 5) is 20.9. The monoisotopic (exact) mass is 396 g/mol. The van der Waals surface area contributed by atoms with Crippen molar-refractivity contribution in [2.24, 2.45) is 0 Å². The van der Waals surface area contributed by atoms with E-state index < -0.39 is 0 Å². The number of ether oxygens (including phenoxy) is 1. The predicted molar refractivity (Wildman–Crippen MR) is 111 cm³/mol. The first-order valence-corrected chi connectivity index (χ1v) is 9.11. The molecule has 0 atom stereocenters. The number of carbonyl (C=O) groups excluding carboxylic acids is 1. The number of methoxy groups -OCH3 is 1. The summed E-state index contributed by atoms with van der Waals surface area (Å²) in [5.41, 5.74) is 3.95. The highest BCUT2D eigenvalue weighted by Crippen LogP contribution is 2.27. The minimum absolute atomic E-state index is 0.310. The van der Waals surface area contributed by atoms with Gasteiger partial charge in [-0.25, -0.2) is 9.97 Å². The lowest BCUT2D eigenvalue weighted by molar-refractivity contribution is 0.102. The normalized spacial score (nSPS) is 10.4. The minimum Gasteiger partial charge on any atom is -0.497 e. The highest BCUT2D eigenvalue weighted by atomic mass is 35.5. The summed E-state index contributed by atoms with van der Waals surface area (Å²) < 4.78 is 5.14. The van der Waals surface area contributed by atoms with E-state index in [1.54, 1.807) is 7.11 Å². The molecule has 0 aliphatic rings. The molecule has 0 aliphatic heterocycles. The molecule has 1 amide bonds. The van der Waals surface area contributed by atoms with Crippen molar-refractivity contribution in [1.82, 2.24) is 9.97 Å². The molecule has 0 unspecified atom stereocenters. The molecular weight excluding hydrogens is 376 g/mol. The van der Waals surface area contributed by atoms with Crippen LogP contribution < -0.4 is 15.4 Å². The fourth-order valence-electron chi connectivity index (χ4n) is 2.72. The lowest BCUT2D eigenvalue weighted by Gasteiger charge is -2.11. The van der Waals surface area contributed by atoms with E-state index >= 15 is 0 Å². The van der Waals surface area contributed by atoms with Crippen molar-refractivity contribution in [3.8, 4) is 5.75 Å². The zero-order valence-corrected chi connectivity index (χ0v) is 16.7. The minimum atomic E-state index is -0.310. The van der Waals surface area contributed by atoms with Gasteiger partial charge in [0.1, 0.15) is 5.75 Å². The third kappa shape index (κ3) is 4.78. The van der Waals surface area contributed by atoms with Crippen LogP contribution in [-0.2, 0) is 6.54 Å². The SMILES string of the molecule is COc1ccc(CNc2ncc(C(=O)Nc3c(C)cc(C)cc3Cl)cn2)cc1. The topological polar surface area (TPSA) is 76.1 Å². The zero-order chi connectivity index (χ0) is 20.1. The Kier molecular flexibility index (Phi) is 6.11. The van der Waals surface area contributed by atoms with Crippen molar-refractivity contribution < 1.29 is 9.53 Å². The van der Waals surface area contributed by atoms with E-state index in [0.717, 1.165) is 22.4 Å². The van der Waals surface area contributed by atoms with E-state index in [-0.39, 0.29) is 5.91 Å². The van der Waals surface area contributed by atoms with Gasteiger partial charge >= 0.3 is 0 Å². The zero-order valence-electron chi connectivity index (χ0n) is 15.9. The first-order chi connectivity index (χ1) is 13.5. The van der Waals surface area contributed by atoms with Gasteiger partial charge in [0, 0.05) is 18.9 Å². The Labute approximate surface area is 168 Å². The standard InChI is InChI=1S/C21H21ClN4O2/c1-13-8-14(2)19(18(22)9-13)26-20(27)16-11-24-21(25-12-16)23-10-15-4-6-17(28-3)7-5-15/h4-9,11-12H,10H2,1-3H3,(H,26,27)(H,23,24,25). The average Bonchev–Trinajstić information content (AvgIpc) is 2.69. The molecule has 0 saturated heterocycles. The van der Waals surface area contributed by atoms with Gasteiger partial charge in [-0.1, -0.05) is 29.8 Å². The molecule has 0 saturated carbocycles. The number of anilines is 2. The summed E-state index contributed by atoms with van der Waals surface area (Å²) in [5.74, 6) is 0.937. The third-order valence-electron chi connectivity index (χ3n) is 4.19. The molecule has 0 fully saturated rings. The smallest absolute Gasteiger partial charge is 0.258 e. The van der Waals surface area contributed by atoms with Crippen LogP contribution in [0.3, 0.4) is 0 Å². The van der Waals surface area contributed by atoms with Crippen LogP contribution in [0.25, 0.3) is 0 Å². The van der Waals surface area contributed by atoms with Gasteiger partial charge in [0.05, 0.1) is 23.4 Å². The summed E-state index contributed by atoms with van der Waals surface area (Å²) >= 11 is 6.25. The molecule has 3 rings (SSSR count). The Bertz CT molecular complexity index is 950. The van der Waals surface area contributed by atoms with Gasteiger partial charge in [-0.05, 0) is 48.7 Å². The fraction of sp³-hybridized carbons (Fsp3) is 0.190. The van der Waals surface area contributed by atoms with E-state index in [4.69, 9.17) is 16.3 Å². The molecule has 0 bridgehead atoms. The van der Waals surface area contributed by atoms with Crippen LogP contribution in [0.2, 0.25) is 5.02 Å². The summed E-state index contributed by atoms with van der Waals surface area (Å²) in [6.45, 7) is 4.42. The Hall–Kier alpha value is -3.12. The van der Waals surface area contributed by atoms with Gasteiger partial charge in [0.25, 0.3) is 5.91 Å². The second kappa shape index (κ2) is 8.71. The van der Waals surface area contributed by atoms with Crippen molar-refractivity contribution in [2.75, 3.05) is 17.7 Å². The predicted octanol–water partition coefficient (Wildman–Crippen LogP) is 4.62. The van der Waals surface area contributed by atoms with Gasteiger partial charge in [-0.3, -0.25) is 4.79 Å². The molecule has 7 heteroatoms. The largest absolute Gasteiger partial charge is 0.497 e. The first-order valence-electron chi connectivity index (χ1n) is 8.73. The summed E-state index contributed by atoms with van der Waals surface area (Å²) in [5, 5.41) is 6.45. The maximum absolute atomic E-state index is 12.5. The van der Waals surface area contributed by atoms with Crippen LogP contribution in [0.5, 0.6) is 5.75 Å². The van der Waals surface area contributed by atoms with E-state index in [2.05, 4.69) is 20.6 Å². The van der Waals surface area contributed by atoms with Gasteiger partial charge in [-0.2, -0.15) is 0 Å². The number of amides is 1. The summed E-state index contributed by atoms with van der Waals surface area (Å²) in [6.07, 6.45) is 2.96. The van der Waals surface area contributed by atoms with E-state index in [1.165, 1.54) is 12.4 Å². The van der Waals surface area contributed by atoms with Crippen LogP contribution in [0.4, 0.5) is 11.6 Å². The van der Waals surface area contributed by atoms with Crippen molar-refractivity contribution >= 4 is 29.1 Å². The van der Waals surface area contributed by atoms with Crippen molar-refractivity contribution in [1.29, 1.82) is 0 Å². The Morgan fingerprint density at radius 3 is 2.39 bits per heavy atom. The summed E-state index contributed by atoms with van der Waals surface area (Å²) in [7, 11) is 1.63. The summed E-state index contributed by atoms with van der Waals surface area (Å²) in [6, 6.07) is 11.5. The number of carbonyl (C=O) groups is 1. The second-order valence-corrected chi connectivity index (χ2v) is 6.80. The molecule has 3 aromatic rings. The highest BCUT2D eigenvalue weighted by Gasteiger charge is 2.12. The maximum atomic E-state index is 12.5.